The maximum absolute atomic E-state index is 3.36. The van der Waals surface area contributed by atoms with E-state index in [2.05, 4.69) is 24.3 Å². The second-order valence-corrected chi connectivity index (χ2v) is 5.48. The van der Waals surface area contributed by atoms with Gasteiger partial charge in [-0.15, -0.1) is 0 Å². The van der Waals surface area contributed by atoms with Gasteiger partial charge in [-0.3, -0.25) is 0 Å². The number of likely N-dealkylation sites (tertiary alicyclic amines) is 1. The normalized spacial score (nSPS) is 27.9. The lowest BCUT2D eigenvalue weighted by atomic mass is 9.85. The number of rotatable bonds is 4. The van der Waals surface area contributed by atoms with Gasteiger partial charge in [-0.2, -0.15) is 0 Å². The second kappa shape index (κ2) is 4.19. The molecule has 1 aliphatic heterocycles. The van der Waals surface area contributed by atoms with Gasteiger partial charge in [0.05, 0.1) is 0 Å². The van der Waals surface area contributed by atoms with E-state index in [1.807, 2.05) is 0 Å². The molecule has 82 valence electrons. The average Bonchev–Trinajstić information content (AvgIpc) is 2.90. The van der Waals surface area contributed by atoms with Crippen molar-refractivity contribution in [3.63, 3.8) is 0 Å². The van der Waals surface area contributed by atoms with Crippen LogP contribution in [0.1, 0.15) is 32.1 Å². The quantitative estimate of drug-likeness (QED) is 0.736. The van der Waals surface area contributed by atoms with Crippen LogP contribution in [0.2, 0.25) is 0 Å². The van der Waals surface area contributed by atoms with Crippen LogP contribution in [-0.2, 0) is 0 Å². The molecule has 0 spiro atoms. The van der Waals surface area contributed by atoms with Crippen molar-refractivity contribution in [2.75, 3.05) is 33.7 Å². The fourth-order valence-corrected chi connectivity index (χ4v) is 2.88. The Kier molecular flexibility index (Phi) is 3.13. The lowest BCUT2D eigenvalue weighted by Crippen LogP contribution is -2.32. The standard InChI is InChI=1S/C12H24N2/c1-13-10-12(5-6-12)9-11-3-7-14(2)8-4-11/h11,13H,3-10H2,1-2H3. The Morgan fingerprint density at radius 1 is 1.29 bits per heavy atom. The summed E-state index contributed by atoms with van der Waals surface area (Å²) in [5.74, 6) is 1.02. The molecule has 1 N–H and O–H groups in total. The van der Waals surface area contributed by atoms with Crippen LogP contribution >= 0.6 is 0 Å². The Bertz CT molecular complexity index is 179. The highest BCUT2D eigenvalue weighted by Gasteiger charge is 2.43. The van der Waals surface area contributed by atoms with Gasteiger partial charge in [-0.25, -0.2) is 0 Å². The van der Waals surface area contributed by atoms with Gasteiger partial charge in [-0.1, -0.05) is 0 Å². The van der Waals surface area contributed by atoms with Crippen molar-refractivity contribution >= 4 is 0 Å². The zero-order valence-corrected chi connectivity index (χ0v) is 9.68. The van der Waals surface area contributed by atoms with Crippen LogP contribution in [-0.4, -0.2) is 38.6 Å². The smallest absolute Gasteiger partial charge is 0.000491 e. The highest BCUT2D eigenvalue weighted by molar-refractivity contribution is 4.96. The highest BCUT2D eigenvalue weighted by atomic mass is 15.1. The van der Waals surface area contributed by atoms with Crippen molar-refractivity contribution < 1.29 is 0 Å². The average molecular weight is 196 g/mol. The molecule has 2 fully saturated rings. The van der Waals surface area contributed by atoms with Crippen LogP contribution in [0.3, 0.4) is 0 Å². The summed E-state index contributed by atoms with van der Waals surface area (Å²) in [4.78, 5) is 2.47. The Hall–Kier alpha value is -0.0800. The molecule has 0 aromatic carbocycles. The molecule has 0 atom stereocenters. The Labute approximate surface area is 88.1 Å². The molecule has 0 amide bonds. The van der Waals surface area contributed by atoms with Gasteiger partial charge in [-0.05, 0) is 70.6 Å². The summed E-state index contributed by atoms with van der Waals surface area (Å²) in [6, 6.07) is 0. The third-order valence-electron chi connectivity index (χ3n) is 4.07. The van der Waals surface area contributed by atoms with E-state index in [4.69, 9.17) is 0 Å². The van der Waals surface area contributed by atoms with E-state index in [9.17, 15) is 0 Å². The molecular weight excluding hydrogens is 172 g/mol. The van der Waals surface area contributed by atoms with E-state index in [1.165, 1.54) is 51.7 Å². The SMILES string of the molecule is CNCC1(CC2CCN(C)CC2)CC1. The van der Waals surface area contributed by atoms with Gasteiger partial charge < -0.3 is 10.2 Å². The molecule has 2 aliphatic rings. The van der Waals surface area contributed by atoms with Gasteiger partial charge in [0.1, 0.15) is 0 Å². The maximum Gasteiger partial charge on any atom is 0.000491 e. The minimum atomic E-state index is 0.718. The van der Waals surface area contributed by atoms with Crippen LogP contribution < -0.4 is 5.32 Å². The fraction of sp³-hybridized carbons (Fsp3) is 1.00. The van der Waals surface area contributed by atoms with Crippen LogP contribution in [0.5, 0.6) is 0 Å². The Morgan fingerprint density at radius 3 is 2.43 bits per heavy atom. The van der Waals surface area contributed by atoms with E-state index in [-0.39, 0.29) is 0 Å². The summed E-state index contributed by atoms with van der Waals surface area (Å²) in [6.45, 7) is 3.89. The third kappa shape index (κ3) is 2.48. The summed E-state index contributed by atoms with van der Waals surface area (Å²) in [5.41, 5.74) is 0.718. The first-order chi connectivity index (χ1) is 6.74. The van der Waals surface area contributed by atoms with Crippen LogP contribution in [0.15, 0.2) is 0 Å². The molecular formula is C12H24N2. The zero-order chi connectivity index (χ0) is 10.0. The van der Waals surface area contributed by atoms with E-state index < -0.39 is 0 Å². The molecule has 2 nitrogen and oxygen atoms in total. The Balaban J connectivity index is 1.75. The van der Waals surface area contributed by atoms with Gasteiger partial charge in [0.15, 0.2) is 0 Å². The van der Waals surface area contributed by atoms with E-state index in [1.54, 1.807) is 0 Å². The topological polar surface area (TPSA) is 15.3 Å². The highest BCUT2D eigenvalue weighted by Crippen LogP contribution is 2.51. The Morgan fingerprint density at radius 2 is 1.93 bits per heavy atom. The first-order valence-corrected chi connectivity index (χ1v) is 6.07. The number of piperidine rings is 1. The molecule has 0 unspecified atom stereocenters. The van der Waals surface area contributed by atoms with Crippen molar-refractivity contribution in [2.24, 2.45) is 11.3 Å². The van der Waals surface area contributed by atoms with Crippen molar-refractivity contribution in [3.05, 3.63) is 0 Å². The van der Waals surface area contributed by atoms with Crippen molar-refractivity contribution in [2.45, 2.75) is 32.1 Å². The molecule has 14 heavy (non-hydrogen) atoms. The molecule has 2 heteroatoms. The summed E-state index contributed by atoms with van der Waals surface area (Å²) in [5, 5.41) is 3.36. The molecule has 1 saturated carbocycles. The third-order valence-corrected chi connectivity index (χ3v) is 4.07. The molecule has 1 aliphatic carbocycles. The van der Waals surface area contributed by atoms with E-state index >= 15 is 0 Å². The molecule has 1 saturated heterocycles. The molecule has 0 radical (unpaired) electrons. The number of nitrogens with zero attached hydrogens (tertiary/aromatic N) is 1. The van der Waals surface area contributed by atoms with Gasteiger partial charge in [0, 0.05) is 6.54 Å². The van der Waals surface area contributed by atoms with E-state index in [0.717, 1.165) is 11.3 Å². The summed E-state index contributed by atoms with van der Waals surface area (Å²) >= 11 is 0. The van der Waals surface area contributed by atoms with Gasteiger partial charge in [0.25, 0.3) is 0 Å². The largest absolute Gasteiger partial charge is 0.319 e. The predicted octanol–water partition coefficient (Wildman–Crippen LogP) is 1.72. The molecule has 0 bridgehead atoms. The summed E-state index contributed by atoms with van der Waals surface area (Å²) in [6.07, 6.45) is 7.30. The lowest BCUT2D eigenvalue weighted by Gasteiger charge is -2.31. The van der Waals surface area contributed by atoms with Crippen LogP contribution in [0, 0.1) is 11.3 Å². The van der Waals surface area contributed by atoms with Crippen LogP contribution in [0.25, 0.3) is 0 Å². The second-order valence-electron chi connectivity index (χ2n) is 5.48. The lowest BCUT2D eigenvalue weighted by molar-refractivity contribution is 0.189. The minimum absolute atomic E-state index is 0.718. The number of hydrogen-bond acceptors (Lipinski definition) is 2. The predicted molar refractivity (Wildman–Crippen MR) is 60.4 cm³/mol. The fourth-order valence-electron chi connectivity index (χ4n) is 2.88. The number of hydrogen-bond donors (Lipinski definition) is 1. The zero-order valence-electron chi connectivity index (χ0n) is 9.68. The van der Waals surface area contributed by atoms with Crippen molar-refractivity contribution in [1.29, 1.82) is 0 Å². The molecule has 0 aromatic rings. The van der Waals surface area contributed by atoms with Crippen molar-refractivity contribution in [1.82, 2.24) is 10.2 Å². The van der Waals surface area contributed by atoms with Gasteiger partial charge >= 0.3 is 0 Å². The minimum Gasteiger partial charge on any atom is -0.319 e. The first-order valence-electron chi connectivity index (χ1n) is 6.07. The summed E-state index contributed by atoms with van der Waals surface area (Å²) in [7, 11) is 4.34. The maximum atomic E-state index is 3.36. The molecule has 0 aromatic heterocycles. The van der Waals surface area contributed by atoms with Crippen LogP contribution in [0.4, 0.5) is 0 Å². The van der Waals surface area contributed by atoms with Crippen molar-refractivity contribution in [3.8, 4) is 0 Å². The number of nitrogens with one attached hydrogen (secondary N) is 1. The summed E-state index contributed by atoms with van der Waals surface area (Å²) < 4.78 is 0. The molecule has 2 rings (SSSR count). The van der Waals surface area contributed by atoms with Gasteiger partial charge in [0.2, 0.25) is 0 Å². The first kappa shape index (κ1) is 10.4. The van der Waals surface area contributed by atoms with E-state index in [0.29, 0.717) is 0 Å². The monoisotopic (exact) mass is 196 g/mol. The molecule has 1 heterocycles.